The summed E-state index contributed by atoms with van der Waals surface area (Å²) in [5, 5.41) is 2.85. The molecule has 1 N–H and O–H groups in total. The van der Waals surface area contributed by atoms with Gasteiger partial charge in [0.15, 0.2) is 0 Å². The van der Waals surface area contributed by atoms with Crippen molar-refractivity contribution in [2.24, 2.45) is 0 Å². The van der Waals surface area contributed by atoms with Gasteiger partial charge in [-0.3, -0.25) is 19.5 Å². The molecule has 1 saturated heterocycles. The van der Waals surface area contributed by atoms with Crippen LogP contribution in [0.4, 0.5) is 0 Å². The quantitative estimate of drug-likeness (QED) is 0.565. The Morgan fingerprint density at radius 1 is 1.03 bits per heavy atom. The van der Waals surface area contributed by atoms with Gasteiger partial charge < -0.3 is 5.32 Å². The Bertz CT molecular complexity index is 1030. The summed E-state index contributed by atoms with van der Waals surface area (Å²) in [5.41, 5.74) is 1.82. The minimum atomic E-state index is -3.61. The van der Waals surface area contributed by atoms with Crippen LogP contribution in [0.1, 0.15) is 31.4 Å². The first-order valence-electron chi connectivity index (χ1n) is 11.3. The Hall–Kier alpha value is -2.62. The summed E-state index contributed by atoms with van der Waals surface area (Å²) in [4.78, 5) is 30.5. The zero-order valence-electron chi connectivity index (χ0n) is 19.2. The van der Waals surface area contributed by atoms with E-state index in [0.29, 0.717) is 39.0 Å². The number of hydrogen-bond donors (Lipinski definition) is 1. The summed E-state index contributed by atoms with van der Waals surface area (Å²) in [6.45, 7) is 5.79. The number of rotatable bonds is 10. The number of nitrogens with zero attached hydrogens (tertiary/aromatic N) is 3. The predicted molar refractivity (Wildman–Crippen MR) is 126 cm³/mol. The number of benzene rings is 1. The number of carbonyl (C=O) groups excluding carboxylic acids is 2. The molecule has 1 aliphatic rings. The number of amides is 1. The number of pyridine rings is 1. The molecule has 0 atom stereocenters. The van der Waals surface area contributed by atoms with Crippen LogP contribution < -0.4 is 5.32 Å². The Labute approximate surface area is 196 Å². The fourth-order valence-electron chi connectivity index (χ4n) is 3.77. The van der Waals surface area contributed by atoms with Crippen molar-refractivity contribution < 1.29 is 18.0 Å². The lowest BCUT2D eigenvalue weighted by molar-refractivity contribution is -0.123. The molecule has 9 heteroatoms. The van der Waals surface area contributed by atoms with Gasteiger partial charge in [0.05, 0.1) is 11.4 Å². The highest BCUT2D eigenvalue weighted by Gasteiger charge is 2.29. The molecule has 1 aliphatic heterocycles. The zero-order valence-corrected chi connectivity index (χ0v) is 20.1. The number of aryl methyl sites for hydroxylation is 1. The number of nitrogens with one attached hydrogen (secondary N) is 1. The van der Waals surface area contributed by atoms with Crippen LogP contribution in [-0.2, 0) is 32.5 Å². The first kappa shape index (κ1) is 25.0. The van der Waals surface area contributed by atoms with Crippen molar-refractivity contribution in [3.63, 3.8) is 0 Å². The van der Waals surface area contributed by atoms with Gasteiger partial charge >= 0.3 is 0 Å². The third-order valence-electron chi connectivity index (χ3n) is 5.53. The maximum absolute atomic E-state index is 13.0. The molecule has 0 bridgehead atoms. The van der Waals surface area contributed by atoms with E-state index in [4.69, 9.17) is 0 Å². The van der Waals surface area contributed by atoms with Crippen molar-refractivity contribution in [3.05, 3.63) is 59.9 Å². The molecule has 1 aromatic heterocycles. The van der Waals surface area contributed by atoms with Crippen LogP contribution in [0.5, 0.6) is 0 Å². The number of sulfonamides is 1. The molecule has 8 nitrogen and oxygen atoms in total. The predicted octanol–water partition coefficient (Wildman–Crippen LogP) is 1.66. The van der Waals surface area contributed by atoms with Gasteiger partial charge in [-0.25, -0.2) is 8.42 Å². The zero-order chi connectivity index (χ0) is 23.8. The van der Waals surface area contributed by atoms with Crippen LogP contribution in [0.3, 0.4) is 0 Å². The summed E-state index contributed by atoms with van der Waals surface area (Å²) in [7, 11) is -3.61. The monoisotopic (exact) mass is 472 g/mol. The molecule has 0 aliphatic carbocycles. The maximum atomic E-state index is 13.0. The highest BCUT2D eigenvalue weighted by atomic mass is 32.2. The van der Waals surface area contributed by atoms with Crippen LogP contribution in [0, 0.1) is 0 Å². The second-order valence-corrected chi connectivity index (χ2v) is 10.6. The number of piperazine rings is 1. The largest absolute Gasteiger partial charge is 0.353 e. The Morgan fingerprint density at radius 3 is 2.33 bits per heavy atom. The van der Waals surface area contributed by atoms with Crippen molar-refractivity contribution >= 4 is 21.7 Å². The summed E-state index contributed by atoms with van der Waals surface area (Å²) < 4.78 is 27.5. The van der Waals surface area contributed by atoms with Crippen LogP contribution >= 0.6 is 0 Å². The number of hydrogen-bond acceptors (Lipinski definition) is 6. The minimum absolute atomic E-state index is 0.0492. The number of aromatic nitrogens is 1. The van der Waals surface area contributed by atoms with Crippen molar-refractivity contribution in [1.82, 2.24) is 19.5 Å². The molecule has 3 rings (SSSR count). The average Bonchev–Trinajstić information content (AvgIpc) is 2.78. The van der Waals surface area contributed by atoms with Crippen LogP contribution in [0.15, 0.2) is 53.7 Å². The van der Waals surface area contributed by atoms with Crippen molar-refractivity contribution in [2.45, 2.75) is 44.0 Å². The van der Waals surface area contributed by atoms with Crippen LogP contribution in [-0.4, -0.2) is 73.1 Å². The minimum Gasteiger partial charge on any atom is -0.353 e. The SMILES string of the molecule is CC(C)NC(=O)CN1CCN(S(=O)(=O)c2ccc(CC(=O)CCc3cccnc3)cc2)CC1. The number of ketones is 1. The molecular weight excluding hydrogens is 440 g/mol. The molecule has 0 spiro atoms. The lowest BCUT2D eigenvalue weighted by atomic mass is 10.0. The van der Waals surface area contributed by atoms with E-state index in [1.807, 2.05) is 30.9 Å². The van der Waals surface area contributed by atoms with Crippen molar-refractivity contribution in [2.75, 3.05) is 32.7 Å². The van der Waals surface area contributed by atoms with Gasteiger partial charge in [0.25, 0.3) is 0 Å². The summed E-state index contributed by atoms with van der Waals surface area (Å²) in [6, 6.07) is 10.4. The van der Waals surface area contributed by atoms with E-state index in [0.717, 1.165) is 11.1 Å². The molecule has 2 aromatic rings. The molecule has 1 aromatic carbocycles. The normalized spacial score (nSPS) is 15.5. The molecule has 1 fully saturated rings. The first-order chi connectivity index (χ1) is 15.7. The van der Waals surface area contributed by atoms with Gasteiger partial charge in [0.2, 0.25) is 15.9 Å². The third kappa shape index (κ3) is 7.45. The second kappa shape index (κ2) is 11.5. The Morgan fingerprint density at radius 2 is 1.73 bits per heavy atom. The number of carbonyl (C=O) groups is 2. The van der Waals surface area contributed by atoms with E-state index in [-0.39, 0.29) is 35.6 Å². The molecule has 0 radical (unpaired) electrons. The van der Waals surface area contributed by atoms with Crippen LogP contribution in [0.25, 0.3) is 0 Å². The molecule has 1 amide bonds. The molecule has 0 unspecified atom stereocenters. The second-order valence-electron chi connectivity index (χ2n) is 8.62. The molecular formula is C24H32N4O4S. The fraction of sp³-hybridized carbons (Fsp3) is 0.458. The maximum Gasteiger partial charge on any atom is 0.243 e. The Balaban J connectivity index is 1.50. The summed E-state index contributed by atoms with van der Waals surface area (Å²) in [5.74, 6) is 0.0546. The third-order valence-corrected chi connectivity index (χ3v) is 7.44. The lowest BCUT2D eigenvalue weighted by Gasteiger charge is -2.33. The summed E-state index contributed by atoms with van der Waals surface area (Å²) in [6.07, 6.45) is 4.80. The van der Waals surface area contributed by atoms with Crippen LogP contribution in [0.2, 0.25) is 0 Å². The molecule has 33 heavy (non-hydrogen) atoms. The highest BCUT2D eigenvalue weighted by Crippen LogP contribution is 2.19. The van der Waals surface area contributed by atoms with Crippen molar-refractivity contribution in [1.29, 1.82) is 0 Å². The number of Topliss-reactive ketones (excluding diaryl/α,β-unsaturated/α-hetero) is 1. The van der Waals surface area contributed by atoms with E-state index < -0.39 is 10.0 Å². The smallest absolute Gasteiger partial charge is 0.243 e. The van der Waals surface area contributed by atoms with Crippen molar-refractivity contribution in [3.8, 4) is 0 Å². The van der Waals surface area contributed by atoms with Gasteiger partial charge in [0.1, 0.15) is 5.78 Å². The van der Waals surface area contributed by atoms with Gasteiger partial charge in [-0.05, 0) is 49.6 Å². The fourth-order valence-corrected chi connectivity index (χ4v) is 5.20. The summed E-state index contributed by atoms with van der Waals surface area (Å²) >= 11 is 0. The van der Waals surface area contributed by atoms with E-state index in [1.54, 1.807) is 36.7 Å². The van der Waals surface area contributed by atoms with Gasteiger partial charge in [-0.1, -0.05) is 18.2 Å². The first-order valence-corrected chi connectivity index (χ1v) is 12.7. The Kier molecular flexibility index (Phi) is 8.71. The van der Waals surface area contributed by atoms with Gasteiger partial charge in [-0.2, -0.15) is 4.31 Å². The average molecular weight is 473 g/mol. The standard InChI is InChI=1S/C24H32N4O4S/c1-19(2)26-24(30)18-27-12-14-28(15-13-27)33(31,32)23-9-6-20(7-10-23)16-22(29)8-5-21-4-3-11-25-17-21/h3-4,6-7,9-11,17,19H,5,8,12-16,18H2,1-2H3,(H,26,30). The van der Waals surface area contributed by atoms with E-state index in [2.05, 4.69) is 10.3 Å². The highest BCUT2D eigenvalue weighted by molar-refractivity contribution is 7.89. The molecule has 2 heterocycles. The molecule has 0 saturated carbocycles. The molecule has 178 valence electrons. The van der Waals surface area contributed by atoms with E-state index >= 15 is 0 Å². The topological polar surface area (TPSA) is 99.7 Å². The van der Waals surface area contributed by atoms with Gasteiger partial charge in [0, 0.05) is 57.5 Å². The van der Waals surface area contributed by atoms with E-state index in [9.17, 15) is 18.0 Å². The lowest BCUT2D eigenvalue weighted by Crippen LogP contribution is -2.51. The van der Waals surface area contributed by atoms with E-state index in [1.165, 1.54) is 4.31 Å². The van der Waals surface area contributed by atoms with Gasteiger partial charge in [-0.15, -0.1) is 0 Å².